The lowest BCUT2D eigenvalue weighted by atomic mass is 10.0. The van der Waals surface area contributed by atoms with Crippen LogP contribution in [0, 0.1) is 11.3 Å². The molecule has 1 aromatic carbocycles. The van der Waals surface area contributed by atoms with Gasteiger partial charge in [-0.25, -0.2) is 9.97 Å². The number of anilines is 2. The number of halogens is 6. The molecule has 0 radical (unpaired) electrons. The summed E-state index contributed by atoms with van der Waals surface area (Å²) < 4.78 is 78.6. The third-order valence-corrected chi connectivity index (χ3v) is 4.68. The van der Waals surface area contributed by atoms with Crippen LogP contribution in [-0.4, -0.2) is 15.0 Å². The average molecular weight is 459 g/mol. The van der Waals surface area contributed by atoms with Gasteiger partial charge in [-0.3, -0.25) is 4.98 Å². The van der Waals surface area contributed by atoms with Crippen molar-refractivity contribution in [3.63, 3.8) is 0 Å². The number of hydrogen-bond acceptors (Lipinski definition) is 5. The summed E-state index contributed by atoms with van der Waals surface area (Å²) in [6.07, 6.45) is -7.12. The molecule has 0 saturated carbocycles. The van der Waals surface area contributed by atoms with Gasteiger partial charge < -0.3 is 5.32 Å². The van der Waals surface area contributed by atoms with E-state index in [0.29, 0.717) is 22.8 Å². The minimum absolute atomic E-state index is 0.101. The van der Waals surface area contributed by atoms with E-state index in [4.69, 9.17) is 5.26 Å². The summed E-state index contributed by atoms with van der Waals surface area (Å²) >= 11 is 0. The van der Waals surface area contributed by atoms with Gasteiger partial charge in [0.2, 0.25) is 0 Å². The van der Waals surface area contributed by atoms with Gasteiger partial charge in [0.15, 0.2) is 0 Å². The molecule has 0 atom stereocenters. The number of pyridine rings is 3. The number of nitriles is 1. The Hall–Kier alpha value is -4.20. The number of nitrogens with zero attached hydrogens (tertiary/aromatic N) is 4. The van der Waals surface area contributed by atoms with Crippen molar-refractivity contribution in [2.24, 2.45) is 0 Å². The van der Waals surface area contributed by atoms with E-state index in [1.807, 2.05) is 0 Å². The van der Waals surface area contributed by atoms with Crippen LogP contribution in [0.3, 0.4) is 0 Å². The van der Waals surface area contributed by atoms with E-state index in [2.05, 4.69) is 20.3 Å². The lowest BCUT2D eigenvalue weighted by Gasteiger charge is -2.14. The summed E-state index contributed by atoms with van der Waals surface area (Å²) in [5.41, 5.74) is -1.63. The topological polar surface area (TPSA) is 74.5 Å². The van der Waals surface area contributed by atoms with Crippen LogP contribution in [0.2, 0.25) is 0 Å². The molecule has 0 aliphatic rings. The van der Waals surface area contributed by atoms with Gasteiger partial charge in [0.25, 0.3) is 0 Å². The van der Waals surface area contributed by atoms with Crippen molar-refractivity contribution in [3.05, 3.63) is 77.7 Å². The first kappa shape index (κ1) is 22.0. The summed E-state index contributed by atoms with van der Waals surface area (Å²) in [5.74, 6) is 0.141. The van der Waals surface area contributed by atoms with E-state index >= 15 is 0 Å². The van der Waals surface area contributed by atoms with Gasteiger partial charge in [-0.05, 0) is 36.4 Å². The fraction of sp³-hybridized carbons (Fsp3) is 0.0909. The van der Waals surface area contributed by atoms with Crippen LogP contribution in [0.4, 0.5) is 37.8 Å². The van der Waals surface area contributed by atoms with Gasteiger partial charge in [-0.2, -0.15) is 31.6 Å². The molecule has 11 heteroatoms. The summed E-state index contributed by atoms with van der Waals surface area (Å²) in [5, 5.41) is 12.4. The molecule has 0 aliphatic carbocycles. The van der Waals surface area contributed by atoms with E-state index < -0.39 is 29.2 Å². The van der Waals surface area contributed by atoms with Gasteiger partial charge >= 0.3 is 12.4 Å². The molecular formula is C22H11F6N5. The maximum atomic E-state index is 13.5. The standard InChI is InChI=1S/C22H11F6N5/c23-21(24,25)13-2-6-19(31-11-13)33-17-7-8-30-18-9-12(1-4-15(17)18)20-16(22(26,27)28)5-3-14(10-29)32-20/h1-9,11H,(H,30,31,33). The quantitative estimate of drug-likeness (QED) is 0.362. The molecule has 0 bridgehead atoms. The predicted molar refractivity (Wildman–Crippen MR) is 107 cm³/mol. The van der Waals surface area contributed by atoms with Gasteiger partial charge in [-0.15, -0.1) is 0 Å². The fourth-order valence-corrected chi connectivity index (χ4v) is 3.15. The number of rotatable bonds is 3. The molecule has 4 rings (SSSR count). The number of benzene rings is 1. The maximum Gasteiger partial charge on any atom is 0.418 e. The summed E-state index contributed by atoms with van der Waals surface area (Å²) in [6.45, 7) is 0. The van der Waals surface area contributed by atoms with Gasteiger partial charge in [0, 0.05) is 23.3 Å². The Morgan fingerprint density at radius 3 is 2.27 bits per heavy atom. The SMILES string of the molecule is N#Cc1ccc(C(F)(F)F)c(-c2ccc3c(Nc4ccc(C(F)(F)F)cn4)ccnc3c2)n1. The van der Waals surface area contributed by atoms with Gasteiger partial charge in [0.1, 0.15) is 17.6 Å². The van der Waals surface area contributed by atoms with Gasteiger partial charge in [-0.1, -0.05) is 12.1 Å². The van der Waals surface area contributed by atoms with Crippen LogP contribution in [-0.2, 0) is 12.4 Å². The number of nitrogens with one attached hydrogen (secondary N) is 1. The van der Waals surface area contributed by atoms with Crippen molar-refractivity contribution in [2.75, 3.05) is 5.32 Å². The van der Waals surface area contributed by atoms with Crippen LogP contribution in [0.15, 0.2) is 60.9 Å². The second-order valence-corrected chi connectivity index (χ2v) is 6.85. The maximum absolute atomic E-state index is 13.5. The molecule has 3 aromatic heterocycles. The smallest absolute Gasteiger partial charge is 0.340 e. The number of alkyl halides is 6. The Morgan fingerprint density at radius 2 is 1.64 bits per heavy atom. The first-order chi connectivity index (χ1) is 15.6. The molecule has 1 N–H and O–H groups in total. The molecule has 0 saturated heterocycles. The second kappa shape index (κ2) is 8.05. The van der Waals surface area contributed by atoms with Crippen molar-refractivity contribution in [2.45, 2.75) is 12.4 Å². The van der Waals surface area contributed by atoms with E-state index in [1.54, 1.807) is 12.1 Å². The van der Waals surface area contributed by atoms with Crippen molar-refractivity contribution in [3.8, 4) is 17.3 Å². The number of hydrogen-bond donors (Lipinski definition) is 1. The fourth-order valence-electron chi connectivity index (χ4n) is 3.15. The summed E-state index contributed by atoms with van der Waals surface area (Å²) in [7, 11) is 0. The Kier molecular flexibility index (Phi) is 5.37. The number of fused-ring (bicyclic) bond motifs is 1. The highest BCUT2D eigenvalue weighted by Gasteiger charge is 2.35. The van der Waals surface area contributed by atoms with Crippen LogP contribution < -0.4 is 5.32 Å². The first-order valence-corrected chi connectivity index (χ1v) is 9.24. The summed E-state index contributed by atoms with van der Waals surface area (Å²) in [6, 6.07) is 11.4. The zero-order valence-corrected chi connectivity index (χ0v) is 16.3. The lowest BCUT2D eigenvalue weighted by molar-refractivity contribution is -0.138. The molecule has 4 aromatic rings. The zero-order chi connectivity index (χ0) is 23.8. The Morgan fingerprint density at radius 1 is 0.848 bits per heavy atom. The van der Waals surface area contributed by atoms with Crippen LogP contribution in [0.1, 0.15) is 16.8 Å². The second-order valence-electron chi connectivity index (χ2n) is 6.85. The molecule has 0 fully saturated rings. The monoisotopic (exact) mass is 459 g/mol. The highest BCUT2D eigenvalue weighted by molar-refractivity contribution is 5.95. The lowest BCUT2D eigenvalue weighted by Crippen LogP contribution is -2.09. The van der Waals surface area contributed by atoms with Crippen molar-refractivity contribution in [1.29, 1.82) is 5.26 Å². The van der Waals surface area contributed by atoms with Gasteiger partial charge in [0.05, 0.1) is 28.0 Å². The third-order valence-electron chi connectivity index (χ3n) is 4.68. The van der Waals surface area contributed by atoms with E-state index in [0.717, 1.165) is 24.3 Å². The molecule has 166 valence electrons. The normalized spacial score (nSPS) is 11.9. The Balaban J connectivity index is 1.74. The molecule has 3 heterocycles. The van der Waals surface area contributed by atoms with Crippen molar-refractivity contribution < 1.29 is 26.3 Å². The largest absolute Gasteiger partial charge is 0.418 e. The molecule has 0 amide bonds. The third kappa shape index (κ3) is 4.55. The first-order valence-electron chi connectivity index (χ1n) is 9.24. The van der Waals surface area contributed by atoms with Crippen molar-refractivity contribution >= 4 is 22.4 Å². The highest BCUT2D eigenvalue weighted by Crippen LogP contribution is 2.37. The van der Waals surface area contributed by atoms with Crippen molar-refractivity contribution in [1.82, 2.24) is 15.0 Å². The van der Waals surface area contributed by atoms with E-state index in [9.17, 15) is 26.3 Å². The average Bonchev–Trinajstić information content (AvgIpc) is 2.77. The zero-order valence-electron chi connectivity index (χ0n) is 16.3. The molecular weight excluding hydrogens is 448 g/mol. The number of aromatic nitrogens is 3. The van der Waals surface area contributed by atoms with Crippen LogP contribution >= 0.6 is 0 Å². The molecule has 0 spiro atoms. The molecule has 0 aliphatic heterocycles. The molecule has 33 heavy (non-hydrogen) atoms. The molecule has 5 nitrogen and oxygen atoms in total. The summed E-state index contributed by atoms with van der Waals surface area (Å²) in [4.78, 5) is 11.7. The minimum Gasteiger partial charge on any atom is -0.340 e. The predicted octanol–water partition coefficient (Wildman–Crippen LogP) is 6.34. The highest BCUT2D eigenvalue weighted by atomic mass is 19.4. The minimum atomic E-state index is -4.68. The van der Waals surface area contributed by atoms with Crippen LogP contribution in [0.5, 0.6) is 0 Å². The van der Waals surface area contributed by atoms with Crippen LogP contribution in [0.25, 0.3) is 22.2 Å². The van der Waals surface area contributed by atoms with E-state index in [1.165, 1.54) is 24.4 Å². The Bertz CT molecular complexity index is 1370. The Labute approximate surface area is 182 Å². The molecule has 0 unspecified atom stereocenters. The van der Waals surface area contributed by atoms with E-state index in [-0.39, 0.29) is 17.1 Å².